The molecule has 23 heavy (non-hydrogen) atoms. The van der Waals surface area contributed by atoms with Gasteiger partial charge in [-0.05, 0) is 24.3 Å². The van der Waals surface area contributed by atoms with E-state index in [0.717, 1.165) is 0 Å². The maximum Gasteiger partial charge on any atom is 0.537 e. The van der Waals surface area contributed by atoms with Crippen LogP contribution in [-0.2, 0) is 17.1 Å². The molecule has 0 saturated carbocycles. The van der Waals surface area contributed by atoms with Gasteiger partial charge in [-0.1, -0.05) is 30.3 Å². The zero-order chi connectivity index (χ0) is 16.8. The van der Waals surface area contributed by atoms with Crippen LogP contribution in [-0.4, -0.2) is 17.9 Å². The van der Waals surface area contributed by atoms with E-state index in [-0.39, 0.29) is 11.3 Å². The third-order valence-electron chi connectivity index (χ3n) is 3.54. The minimum Gasteiger partial charge on any atom is -0.225 e. The highest BCUT2D eigenvalue weighted by molar-refractivity contribution is 7.91. The van der Waals surface area contributed by atoms with Crippen molar-refractivity contribution in [3.63, 3.8) is 0 Å². The van der Waals surface area contributed by atoms with Crippen molar-refractivity contribution in [3.05, 3.63) is 54.6 Å². The second kappa shape index (κ2) is 5.09. The topological polar surface area (TPSA) is 43.0 Å². The van der Waals surface area contributed by atoms with Crippen LogP contribution in [0.5, 0.6) is 0 Å². The zero-order valence-corrected chi connectivity index (χ0v) is 12.8. The Kier molecular flexibility index (Phi) is 3.44. The number of halogens is 3. The van der Waals surface area contributed by atoms with E-state index in [1.807, 2.05) is 0 Å². The Hall–Kier alpha value is -2.35. The molecule has 0 aliphatic carbocycles. The maximum absolute atomic E-state index is 13.1. The van der Waals surface area contributed by atoms with Crippen LogP contribution in [0.3, 0.4) is 0 Å². The number of benzene rings is 2. The molecule has 0 aliphatic rings. The fourth-order valence-corrected chi connectivity index (χ4v) is 3.60. The van der Waals surface area contributed by atoms with Crippen molar-refractivity contribution in [2.75, 3.05) is 0 Å². The lowest BCUT2D eigenvalue weighted by Gasteiger charge is -2.07. The predicted octanol–water partition coefficient (Wildman–Crippen LogP) is 2.83. The molecule has 0 unspecified atom stereocenters. The van der Waals surface area contributed by atoms with Gasteiger partial charge in [0.15, 0.2) is 11.0 Å². The summed E-state index contributed by atoms with van der Waals surface area (Å²) in [6.45, 7) is 0. The van der Waals surface area contributed by atoms with Gasteiger partial charge in [0.05, 0.1) is 12.6 Å². The summed E-state index contributed by atoms with van der Waals surface area (Å²) < 4.78 is 65.4. The van der Waals surface area contributed by atoms with Crippen molar-refractivity contribution < 1.29 is 26.2 Å². The van der Waals surface area contributed by atoms with Gasteiger partial charge >= 0.3 is 21.4 Å². The number of imidazole rings is 1. The number of nitrogens with zero attached hydrogens (tertiary/aromatic N) is 2. The molecule has 1 heterocycles. The van der Waals surface area contributed by atoms with Crippen LogP contribution in [0.15, 0.2) is 54.6 Å². The molecule has 3 aromatic rings. The summed E-state index contributed by atoms with van der Waals surface area (Å²) in [6, 6.07) is 14.2. The lowest BCUT2D eigenvalue weighted by molar-refractivity contribution is -0.633. The molecular weight excluding hydrogens is 329 g/mol. The van der Waals surface area contributed by atoms with E-state index in [0.29, 0.717) is 15.1 Å². The van der Waals surface area contributed by atoms with Crippen LogP contribution in [0.25, 0.3) is 22.4 Å². The van der Waals surface area contributed by atoms with Crippen molar-refractivity contribution >= 4 is 21.1 Å². The maximum atomic E-state index is 13.1. The summed E-state index contributed by atoms with van der Waals surface area (Å²) in [5.74, 6) is -0.0517. The number of para-hydroxylation sites is 2. The first kappa shape index (κ1) is 15.5. The van der Waals surface area contributed by atoms with E-state index >= 15 is 0 Å². The van der Waals surface area contributed by atoms with Crippen molar-refractivity contribution in [2.24, 2.45) is 7.05 Å². The van der Waals surface area contributed by atoms with Gasteiger partial charge in [0.1, 0.15) is 0 Å². The van der Waals surface area contributed by atoms with Gasteiger partial charge in [0, 0.05) is 0 Å². The minimum atomic E-state index is -5.57. The lowest BCUT2D eigenvalue weighted by atomic mass is 10.2. The molecule has 0 spiro atoms. The summed E-state index contributed by atoms with van der Waals surface area (Å²) in [6.07, 6.45) is 0. The molecule has 0 bridgehead atoms. The molecule has 0 N–H and O–H groups in total. The van der Waals surface area contributed by atoms with Gasteiger partial charge in [-0.3, -0.25) is 0 Å². The van der Waals surface area contributed by atoms with Crippen LogP contribution >= 0.6 is 0 Å². The summed E-state index contributed by atoms with van der Waals surface area (Å²) >= 11 is 0. The highest BCUT2D eigenvalue weighted by atomic mass is 32.2. The Morgan fingerprint density at radius 3 is 2.13 bits per heavy atom. The van der Waals surface area contributed by atoms with Crippen molar-refractivity contribution in [1.82, 2.24) is 3.97 Å². The van der Waals surface area contributed by atoms with Crippen LogP contribution in [0.1, 0.15) is 0 Å². The minimum absolute atomic E-state index is 0.0221. The fraction of sp³-hybridized carbons (Fsp3) is 0.133. The van der Waals surface area contributed by atoms with E-state index in [4.69, 9.17) is 0 Å². The zero-order valence-electron chi connectivity index (χ0n) is 11.9. The first-order valence-electron chi connectivity index (χ1n) is 6.62. The standard InChI is InChI=1S/C15H12F3N2O2S/c1-19-12-9-5-6-10-13(12)20(23(21,22)15(16,17)18)14(19)11-7-3-2-4-8-11/h2-10H,1H3/q+1. The summed E-state index contributed by atoms with van der Waals surface area (Å²) in [5, 5.41) is 0. The number of fused-ring (bicyclic) bond motifs is 1. The molecule has 0 aliphatic heterocycles. The first-order chi connectivity index (χ1) is 10.7. The van der Waals surface area contributed by atoms with E-state index < -0.39 is 15.5 Å². The van der Waals surface area contributed by atoms with Gasteiger partial charge in [-0.25, -0.2) is 4.57 Å². The Labute approximate surface area is 130 Å². The van der Waals surface area contributed by atoms with E-state index in [1.165, 1.54) is 23.7 Å². The van der Waals surface area contributed by atoms with Gasteiger partial charge in [0.2, 0.25) is 0 Å². The number of alkyl halides is 3. The van der Waals surface area contributed by atoms with Crippen molar-refractivity contribution in [1.29, 1.82) is 0 Å². The molecule has 1 aromatic heterocycles. The van der Waals surface area contributed by atoms with Gasteiger partial charge < -0.3 is 0 Å². The second-order valence-electron chi connectivity index (χ2n) is 4.95. The quantitative estimate of drug-likeness (QED) is 0.673. The van der Waals surface area contributed by atoms with Crippen LogP contribution < -0.4 is 4.57 Å². The average Bonchev–Trinajstić information content (AvgIpc) is 2.81. The van der Waals surface area contributed by atoms with Gasteiger partial charge in [0.25, 0.3) is 0 Å². The predicted molar refractivity (Wildman–Crippen MR) is 78.9 cm³/mol. The Balaban J connectivity index is 2.50. The third-order valence-corrected chi connectivity index (χ3v) is 4.97. The molecular formula is C15H12F3N2O2S+. The molecule has 0 saturated heterocycles. The highest BCUT2D eigenvalue weighted by Crippen LogP contribution is 2.32. The summed E-state index contributed by atoms with van der Waals surface area (Å²) in [7, 11) is -4.03. The Morgan fingerprint density at radius 2 is 1.52 bits per heavy atom. The van der Waals surface area contributed by atoms with E-state index in [9.17, 15) is 21.6 Å². The molecule has 0 amide bonds. The molecule has 4 nitrogen and oxygen atoms in total. The number of hydrogen-bond acceptors (Lipinski definition) is 2. The van der Waals surface area contributed by atoms with Crippen LogP contribution in [0.4, 0.5) is 13.2 Å². The summed E-state index contributed by atoms with van der Waals surface area (Å²) in [4.78, 5) is 0. The first-order valence-corrected chi connectivity index (χ1v) is 8.06. The SMILES string of the molecule is C[n+]1c(-c2ccccc2)n(S(=O)(=O)C(F)(F)F)c2ccccc21. The number of rotatable bonds is 2. The third kappa shape index (κ3) is 2.29. The van der Waals surface area contributed by atoms with Gasteiger partial charge in [-0.15, -0.1) is 3.97 Å². The number of aryl methyl sites for hydroxylation is 1. The smallest absolute Gasteiger partial charge is 0.225 e. The molecule has 0 atom stereocenters. The number of aromatic nitrogens is 2. The fourth-order valence-electron chi connectivity index (χ4n) is 2.53. The highest BCUT2D eigenvalue weighted by Gasteiger charge is 2.54. The molecule has 0 fully saturated rings. The molecule has 120 valence electrons. The second-order valence-corrected chi connectivity index (χ2v) is 6.73. The van der Waals surface area contributed by atoms with E-state index in [1.54, 1.807) is 42.5 Å². The van der Waals surface area contributed by atoms with Crippen molar-refractivity contribution in [3.8, 4) is 11.4 Å². The molecule has 8 heteroatoms. The Bertz CT molecular complexity index is 977. The van der Waals surface area contributed by atoms with E-state index in [2.05, 4.69) is 0 Å². The molecule has 3 rings (SSSR count). The van der Waals surface area contributed by atoms with Crippen molar-refractivity contribution in [2.45, 2.75) is 5.51 Å². The lowest BCUT2D eigenvalue weighted by Crippen LogP contribution is -2.35. The largest absolute Gasteiger partial charge is 0.537 e. The molecule has 0 radical (unpaired) electrons. The van der Waals surface area contributed by atoms with Crippen LogP contribution in [0.2, 0.25) is 0 Å². The normalized spacial score (nSPS) is 12.7. The molecule has 2 aromatic carbocycles. The monoisotopic (exact) mass is 341 g/mol. The number of hydrogen-bond donors (Lipinski definition) is 0. The average molecular weight is 341 g/mol. The summed E-state index contributed by atoms with van der Waals surface area (Å²) in [5.41, 5.74) is -4.66. The van der Waals surface area contributed by atoms with Gasteiger partial charge in [-0.2, -0.15) is 21.6 Å². The Morgan fingerprint density at radius 1 is 0.957 bits per heavy atom. The van der Waals surface area contributed by atoms with Crippen LogP contribution in [0, 0.1) is 0 Å².